The van der Waals surface area contributed by atoms with Gasteiger partial charge in [-0.25, -0.2) is 4.21 Å². The highest BCUT2D eigenvalue weighted by molar-refractivity contribution is 7.75. The van der Waals surface area contributed by atoms with Crippen LogP contribution in [0, 0.1) is 5.92 Å². The molecule has 1 aromatic rings. The van der Waals surface area contributed by atoms with Crippen LogP contribution < -0.4 is 5.73 Å². The normalized spacial score (nSPS) is 14.8. The second-order valence-electron chi connectivity index (χ2n) is 4.15. The molecule has 0 aliphatic heterocycles. The summed E-state index contributed by atoms with van der Waals surface area (Å²) < 4.78 is 15.3. The Bertz CT molecular complexity index is 453. The summed E-state index contributed by atoms with van der Waals surface area (Å²) in [5, 5.41) is 0. The van der Waals surface area contributed by atoms with Crippen LogP contribution in [0.4, 0.5) is 0 Å². The molecule has 1 aromatic heterocycles. The predicted molar refractivity (Wildman–Crippen MR) is 66.9 cm³/mol. The minimum absolute atomic E-state index is 0.308. The van der Waals surface area contributed by atoms with E-state index in [0.717, 1.165) is 0 Å². The van der Waals surface area contributed by atoms with Gasteiger partial charge in [-0.15, -0.1) is 0 Å². The molecule has 1 rings (SSSR count). The number of pyridine rings is 1. The minimum atomic E-state index is -2.07. The number of hydrogen-bond acceptors (Lipinski definition) is 4. The Hall–Kier alpha value is -1.27. The van der Waals surface area contributed by atoms with Crippen molar-refractivity contribution < 1.29 is 9.00 Å². The molecule has 0 aromatic carbocycles. The van der Waals surface area contributed by atoms with Gasteiger partial charge in [0.25, 0.3) is 5.91 Å². The third-order valence-corrected chi connectivity index (χ3v) is 3.23. The summed E-state index contributed by atoms with van der Waals surface area (Å²) in [4.78, 5) is 15.9. The zero-order valence-electron chi connectivity index (χ0n) is 9.91. The van der Waals surface area contributed by atoms with Crippen molar-refractivity contribution in [3.05, 3.63) is 24.5 Å². The highest BCUT2D eigenvalue weighted by atomic mass is 32.2. The lowest BCUT2D eigenvalue weighted by Crippen LogP contribution is -2.30. The third-order valence-electron chi connectivity index (χ3n) is 2.12. The van der Waals surface area contributed by atoms with Crippen LogP contribution in [0.25, 0.3) is 0 Å². The fourth-order valence-electron chi connectivity index (χ4n) is 1.30. The molecular weight excluding hydrogens is 238 g/mol. The van der Waals surface area contributed by atoms with Crippen molar-refractivity contribution in [2.75, 3.05) is 0 Å². The molecule has 6 heteroatoms. The smallest absolute Gasteiger partial charge is 0.270 e. The second kappa shape index (κ2) is 6.46. The molecule has 5 nitrogen and oxygen atoms in total. The average Bonchev–Trinajstić information content (AvgIpc) is 2.29. The Balaban J connectivity index is 2.76. The number of carbonyl (C=O) groups is 1. The maximum Gasteiger partial charge on any atom is 0.270 e. The van der Waals surface area contributed by atoms with E-state index in [9.17, 15) is 9.00 Å². The van der Waals surface area contributed by atoms with Gasteiger partial charge in [0.05, 0.1) is 16.6 Å². The molecule has 0 radical (unpaired) electrons. The fourth-order valence-corrected chi connectivity index (χ4v) is 2.13. The number of nitrogens with two attached hydrogens (primary N) is 1. The quantitative estimate of drug-likeness (QED) is 0.786. The highest BCUT2D eigenvalue weighted by Crippen LogP contribution is 2.06. The monoisotopic (exact) mass is 255 g/mol. The van der Waals surface area contributed by atoms with Gasteiger partial charge < -0.3 is 5.73 Å². The Morgan fingerprint density at radius 1 is 1.47 bits per heavy atom. The first kappa shape index (κ1) is 13.8. The van der Waals surface area contributed by atoms with Gasteiger partial charge in [-0.3, -0.25) is 9.78 Å². The maximum atomic E-state index is 11.7. The van der Waals surface area contributed by atoms with Gasteiger partial charge >= 0.3 is 0 Å². The summed E-state index contributed by atoms with van der Waals surface area (Å²) in [5.41, 5.74) is 5.66. The topological polar surface area (TPSA) is 85.4 Å². The van der Waals surface area contributed by atoms with Crippen LogP contribution in [0.1, 0.15) is 20.3 Å². The number of amides is 1. The number of aromatic nitrogens is 1. The first-order valence-electron chi connectivity index (χ1n) is 5.39. The lowest BCUT2D eigenvalue weighted by atomic mass is 10.0. The standard InChI is InChI=1S/C11H17N3O2S/c1-8(2)7-10(12)11(15)14-17(16)9-3-5-13-6-4-9/h3-6,8,10,17H,7,12H2,1-2H3/t10-/m0/s1. The molecule has 0 aliphatic rings. The van der Waals surface area contributed by atoms with Crippen molar-refractivity contribution >= 4 is 16.5 Å². The summed E-state index contributed by atoms with van der Waals surface area (Å²) in [6, 6.07) is 2.48. The minimum Gasteiger partial charge on any atom is -0.320 e. The van der Waals surface area contributed by atoms with Gasteiger partial charge in [0, 0.05) is 17.3 Å². The number of rotatable bonds is 4. The molecular formula is C11H17N3O2S. The van der Waals surface area contributed by atoms with Gasteiger partial charge in [0.15, 0.2) is 0 Å². The van der Waals surface area contributed by atoms with Crippen molar-refractivity contribution in [1.82, 2.24) is 4.98 Å². The summed E-state index contributed by atoms with van der Waals surface area (Å²) in [7, 11) is -2.07. The van der Waals surface area contributed by atoms with Crippen molar-refractivity contribution in [3.8, 4) is 0 Å². The van der Waals surface area contributed by atoms with Crippen LogP contribution >= 0.6 is 0 Å². The summed E-state index contributed by atoms with van der Waals surface area (Å²) in [6.07, 6.45) is 3.56. The van der Waals surface area contributed by atoms with Crippen LogP contribution in [0.15, 0.2) is 33.8 Å². The summed E-state index contributed by atoms with van der Waals surface area (Å²) in [5.74, 6) is -0.195. The highest BCUT2D eigenvalue weighted by Gasteiger charge is 2.14. The van der Waals surface area contributed by atoms with Crippen molar-refractivity contribution in [1.29, 1.82) is 0 Å². The number of hydrogen-bond donors (Lipinski definition) is 2. The zero-order chi connectivity index (χ0) is 12.8. The van der Waals surface area contributed by atoms with E-state index >= 15 is 0 Å². The van der Waals surface area contributed by atoms with Crippen LogP contribution in [-0.4, -0.2) is 21.1 Å². The van der Waals surface area contributed by atoms with E-state index in [4.69, 9.17) is 5.73 Å². The number of nitrogens with zero attached hydrogens (tertiary/aromatic N) is 2. The van der Waals surface area contributed by atoms with E-state index in [-0.39, 0.29) is 0 Å². The molecule has 2 N–H and O–H groups in total. The fraction of sp³-hybridized carbons (Fsp3) is 0.455. The van der Waals surface area contributed by atoms with E-state index in [1.54, 1.807) is 12.1 Å². The van der Waals surface area contributed by atoms with E-state index in [1.807, 2.05) is 13.8 Å². The van der Waals surface area contributed by atoms with Gasteiger partial charge in [-0.2, -0.15) is 4.36 Å². The molecule has 0 spiro atoms. The summed E-state index contributed by atoms with van der Waals surface area (Å²) >= 11 is 0. The van der Waals surface area contributed by atoms with Crippen LogP contribution in [0.5, 0.6) is 0 Å². The zero-order valence-corrected chi connectivity index (χ0v) is 10.8. The molecule has 1 amide bonds. The van der Waals surface area contributed by atoms with Crippen molar-refractivity contribution in [2.24, 2.45) is 16.0 Å². The second-order valence-corrected chi connectivity index (χ2v) is 5.41. The molecule has 0 saturated heterocycles. The SMILES string of the molecule is CC(C)C[C@H](N)C(=O)/N=[SH](=O)/c1ccncc1. The van der Waals surface area contributed by atoms with E-state index < -0.39 is 22.5 Å². The lowest BCUT2D eigenvalue weighted by molar-refractivity contribution is -0.119. The Morgan fingerprint density at radius 2 is 2.06 bits per heavy atom. The van der Waals surface area contributed by atoms with E-state index in [2.05, 4.69) is 9.35 Å². The molecule has 1 heterocycles. The van der Waals surface area contributed by atoms with Crippen LogP contribution in [0.2, 0.25) is 0 Å². The van der Waals surface area contributed by atoms with Gasteiger partial charge in [0.2, 0.25) is 0 Å². The van der Waals surface area contributed by atoms with Crippen LogP contribution in [-0.2, 0) is 15.4 Å². The summed E-state index contributed by atoms with van der Waals surface area (Å²) in [6.45, 7) is 3.94. The van der Waals surface area contributed by atoms with E-state index in [1.165, 1.54) is 12.4 Å². The number of carbonyl (C=O) groups excluding carboxylic acids is 1. The molecule has 0 fully saturated rings. The Kier molecular flexibility index (Phi) is 5.24. The number of thiol groups is 1. The molecule has 0 bridgehead atoms. The van der Waals surface area contributed by atoms with Crippen molar-refractivity contribution in [3.63, 3.8) is 0 Å². The molecule has 2 atom stereocenters. The lowest BCUT2D eigenvalue weighted by Gasteiger charge is -2.09. The largest absolute Gasteiger partial charge is 0.320 e. The molecule has 17 heavy (non-hydrogen) atoms. The first-order valence-corrected chi connectivity index (χ1v) is 6.60. The third kappa shape index (κ3) is 4.62. The molecule has 0 saturated carbocycles. The molecule has 94 valence electrons. The average molecular weight is 255 g/mol. The maximum absolute atomic E-state index is 11.7. The van der Waals surface area contributed by atoms with Gasteiger partial charge in [0.1, 0.15) is 0 Å². The Morgan fingerprint density at radius 3 is 2.59 bits per heavy atom. The van der Waals surface area contributed by atoms with Gasteiger partial charge in [-0.1, -0.05) is 13.8 Å². The predicted octanol–water partition coefficient (Wildman–Crippen LogP) is 1.01. The van der Waals surface area contributed by atoms with Crippen molar-refractivity contribution in [2.45, 2.75) is 31.2 Å². The van der Waals surface area contributed by atoms with Gasteiger partial charge in [-0.05, 0) is 24.5 Å². The molecule has 0 aliphatic carbocycles. The Labute approximate surface area is 103 Å². The molecule has 1 unspecified atom stereocenters. The van der Waals surface area contributed by atoms with E-state index in [0.29, 0.717) is 17.2 Å². The van der Waals surface area contributed by atoms with Crippen LogP contribution in [0.3, 0.4) is 0 Å². The first-order chi connectivity index (χ1) is 8.00.